The number of nitrogens with zero attached hydrogens (tertiary/aromatic N) is 1. The third-order valence-electron chi connectivity index (χ3n) is 6.15. The predicted molar refractivity (Wildman–Crippen MR) is 128 cm³/mol. The average Bonchev–Trinajstić information content (AvgIpc) is 3.23. The summed E-state index contributed by atoms with van der Waals surface area (Å²) in [6, 6.07) is 11.6. The fraction of sp³-hybridized carbons (Fsp3) is 0.385. The Hall–Kier alpha value is -3.16. The van der Waals surface area contributed by atoms with Gasteiger partial charge in [0.1, 0.15) is 5.58 Å². The normalized spacial score (nSPS) is 14.4. The van der Waals surface area contributed by atoms with Crippen LogP contribution in [-0.2, 0) is 27.3 Å². The van der Waals surface area contributed by atoms with Crippen LogP contribution < -0.4 is 10.6 Å². The topological polar surface area (TPSA) is 83.8 Å². The number of anilines is 1. The maximum atomic E-state index is 12.5. The molecule has 1 fully saturated rings. The van der Waals surface area contributed by atoms with Crippen molar-refractivity contribution in [1.29, 1.82) is 0 Å². The van der Waals surface area contributed by atoms with Crippen molar-refractivity contribution in [2.45, 2.75) is 33.2 Å². The van der Waals surface area contributed by atoms with Crippen molar-refractivity contribution in [3.8, 4) is 0 Å². The van der Waals surface area contributed by atoms with Gasteiger partial charge in [0.05, 0.1) is 25.9 Å². The molecule has 4 rings (SSSR count). The highest BCUT2D eigenvalue weighted by Gasteiger charge is 2.14. The van der Waals surface area contributed by atoms with Gasteiger partial charge in [0.2, 0.25) is 11.8 Å². The van der Waals surface area contributed by atoms with Crippen LogP contribution in [0.5, 0.6) is 0 Å². The summed E-state index contributed by atoms with van der Waals surface area (Å²) in [6.45, 7) is 8.39. The van der Waals surface area contributed by atoms with Crippen molar-refractivity contribution in [1.82, 2.24) is 10.2 Å². The van der Waals surface area contributed by atoms with Gasteiger partial charge in [-0.2, -0.15) is 0 Å². The Balaban J connectivity index is 1.27. The Morgan fingerprint density at radius 3 is 2.70 bits per heavy atom. The van der Waals surface area contributed by atoms with E-state index in [0.29, 0.717) is 13.0 Å². The molecule has 2 N–H and O–H groups in total. The molecule has 0 atom stereocenters. The van der Waals surface area contributed by atoms with Crippen LogP contribution in [0.2, 0.25) is 0 Å². The molecule has 7 nitrogen and oxygen atoms in total. The lowest BCUT2D eigenvalue weighted by Gasteiger charge is -2.26. The van der Waals surface area contributed by atoms with E-state index in [2.05, 4.69) is 21.6 Å². The van der Waals surface area contributed by atoms with Crippen molar-refractivity contribution < 1.29 is 18.7 Å². The quantitative estimate of drug-likeness (QED) is 0.549. The van der Waals surface area contributed by atoms with Gasteiger partial charge in [0.25, 0.3) is 0 Å². The van der Waals surface area contributed by atoms with E-state index in [9.17, 15) is 9.59 Å². The van der Waals surface area contributed by atoms with E-state index in [1.54, 1.807) is 6.26 Å². The Bertz CT molecular complexity index is 1130. The second-order valence-corrected chi connectivity index (χ2v) is 8.55. The number of aryl methyl sites for hydroxylation is 2. The minimum atomic E-state index is -0.0733. The number of carbonyl (C=O) groups is 2. The zero-order valence-electron chi connectivity index (χ0n) is 19.3. The number of nitrogens with one attached hydrogen (secondary N) is 2. The van der Waals surface area contributed by atoms with E-state index in [1.807, 2.05) is 44.2 Å². The molecule has 0 spiro atoms. The molecule has 0 unspecified atom stereocenters. The number of benzene rings is 2. The average molecular weight is 450 g/mol. The van der Waals surface area contributed by atoms with Crippen molar-refractivity contribution in [2.24, 2.45) is 0 Å². The molecule has 0 saturated carbocycles. The van der Waals surface area contributed by atoms with E-state index in [0.717, 1.165) is 66.2 Å². The second kappa shape index (κ2) is 10.6. The number of hydrogen-bond donors (Lipinski definition) is 2. The monoisotopic (exact) mass is 449 g/mol. The third-order valence-corrected chi connectivity index (χ3v) is 6.15. The van der Waals surface area contributed by atoms with Crippen molar-refractivity contribution in [2.75, 3.05) is 38.2 Å². The van der Waals surface area contributed by atoms with Gasteiger partial charge in [-0.3, -0.25) is 14.5 Å². The molecule has 33 heavy (non-hydrogen) atoms. The lowest BCUT2D eigenvalue weighted by Crippen LogP contribution is -2.38. The lowest BCUT2D eigenvalue weighted by molar-refractivity contribution is -0.120. The number of ether oxygens (including phenoxy) is 1. The predicted octanol–water partition coefficient (Wildman–Crippen LogP) is 3.57. The fourth-order valence-corrected chi connectivity index (χ4v) is 4.03. The highest BCUT2D eigenvalue weighted by Crippen LogP contribution is 2.26. The van der Waals surface area contributed by atoms with Gasteiger partial charge in [-0.1, -0.05) is 24.3 Å². The Morgan fingerprint density at radius 1 is 1.06 bits per heavy atom. The Kier molecular flexibility index (Phi) is 7.42. The fourth-order valence-electron chi connectivity index (χ4n) is 4.03. The molecule has 2 amide bonds. The van der Waals surface area contributed by atoms with Gasteiger partial charge in [-0.05, 0) is 42.7 Å². The number of hydrogen-bond acceptors (Lipinski definition) is 5. The van der Waals surface area contributed by atoms with Crippen LogP contribution in [-0.4, -0.2) is 49.6 Å². The maximum absolute atomic E-state index is 12.5. The van der Waals surface area contributed by atoms with Crippen molar-refractivity contribution in [3.05, 3.63) is 64.9 Å². The molecule has 0 radical (unpaired) electrons. The number of carbonyl (C=O) groups excluding carboxylic acids is 2. The summed E-state index contributed by atoms with van der Waals surface area (Å²) >= 11 is 0. The van der Waals surface area contributed by atoms with E-state index in [-0.39, 0.29) is 18.2 Å². The van der Waals surface area contributed by atoms with E-state index in [4.69, 9.17) is 9.15 Å². The molecule has 0 aliphatic carbocycles. The molecule has 174 valence electrons. The third kappa shape index (κ3) is 6.00. The largest absolute Gasteiger partial charge is 0.464 e. The first-order valence-corrected chi connectivity index (χ1v) is 11.4. The molecule has 7 heteroatoms. The molecular weight excluding hydrogens is 418 g/mol. The second-order valence-electron chi connectivity index (χ2n) is 8.55. The highest BCUT2D eigenvalue weighted by molar-refractivity contribution is 5.91. The van der Waals surface area contributed by atoms with Crippen LogP contribution in [0.15, 0.2) is 47.1 Å². The molecule has 1 aliphatic rings. The molecule has 1 aromatic heterocycles. The molecule has 1 aliphatic heterocycles. The van der Waals surface area contributed by atoms with E-state index < -0.39 is 0 Å². The lowest BCUT2D eigenvalue weighted by atomic mass is 10.0. The van der Waals surface area contributed by atoms with Gasteiger partial charge in [-0.25, -0.2) is 0 Å². The summed E-state index contributed by atoms with van der Waals surface area (Å²) in [5, 5.41) is 6.90. The van der Waals surface area contributed by atoms with Crippen molar-refractivity contribution >= 4 is 28.5 Å². The zero-order chi connectivity index (χ0) is 23.2. The first-order chi connectivity index (χ1) is 16.0. The molecule has 0 bridgehead atoms. The highest BCUT2D eigenvalue weighted by atomic mass is 16.5. The smallest absolute Gasteiger partial charge is 0.225 e. The molecule has 2 heterocycles. The number of fused-ring (bicyclic) bond motifs is 1. The number of amides is 2. The summed E-state index contributed by atoms with van der Waals surface area (Å²) in [7, 11) is 0. The van der Waals surface area contributed by atoms with Crippen LogP contribution in [0.25, 0.3) is 11.0 Å². The maximum Gasteiger partial charge on any atom is 0.225 e. The van der Waals surface area contributed by atoms with Crippen LogP contribution in [0.1, 0.15) is 28.7 Å². The summed E-state index contributed by atoms with van der Waals surface area (Å²) in [6.07, 6.45) is 2.37. The summed E-state index contributed by atoms with van der Waals surface area (Å²) in [5.74, 6) is -0.0871. The minimum absolute atomic E-state index is 0.0138. The Labute approximate surface area is 194 Å². The zero-order valence-corrected chi connectivity index (χ0v) is 19.3. The molecular formula is C26H31N3O4. The van der Waals surface area contributed by atoms with Gasteiger partial charge in [0, 0.05) is 49.2 Å². The molecule has 1 saturated heterocycles. The SMILES string of the molecule is Cc1ccc2c(CC(=O)NCc3cccc(NC(=O)CCN4CCOCC4)c3)coc2c1C. The molecule has 2 aromatic carbocycles. The Morgan fingerprint density at radius 2 is 1.88 bits per heavy atom. The number of furan rings is 1. The van der Waals surface area contributed by atoms with Crippen LogP contribution in [0.3, 0.4) is 0 Å². The van der Waals surface area contributed by atoms with Gasteiger partial charge in [-0.15, -0.1) is 0 Å². The van der Waals surface area contributed by atoms with E-state index in [1.165, 1.54) is 5.56 Å². The number of morpholine rings is 1. The van der Waals surface area contributed by atoms with Gasteiger partial charge >= 0.3 is 0 Å². The summed E-state index contributed by atoms with van der Waals surface area (Å²) in [4.78, 5) is 27.1. The van der Waals surface area contributed by atoms with E-state index >= 15 is 0 Å². The van der Waals surface area contributed by atoms with Crippen LogP contribution >= 0.6 is 0 Å². The first-order valence-electron chi connectivity index (χ1n) is 11.4. The summed E-state index contributed by atoms with van der Waals surface area (Å²) < 4.78 is 11.0. The van der Waals surface area contributed by atoms with Gasteiger partial charge in [0.15, 0.2) is 0 Å². The molecule has 3 aromatic rings. The van der Waals surface area contributed by atoms with Gasteiger partial charge < -0.3 is 19.8 Å². The standard InChI is InChI=1S/C26H31N3O4/c1-18-6-7-23-21(17-33-26(23)19(18)2)15-25(31)27-16-20-4-3-5-22(14-20)28-24(30)8-9-29-10-12-32-13-11-29/h3-7,14,17H,8-13,15-16H2,1-2H3,(H,27,31)(H,28,30). The first kappa shape index (κ1) is 23.0. The van der Waals surface area contributed by atoms with Crippen molar-refractivity contribution in [3.63, 3.8) is 0 Å². The number of rotatable bonds is 8. The summed E-state index contributed by atoms with van der Waals surface area (Å²) in [5.41, 5.74) is 5.66. The minimum Gasteiger partial charge on any atom is -0.464 e. The van der Waals surface area contributed by atoms with Crippen LogP contribution in [0, 0.1) is 13.8 Å². The van der Waals surface area contributed by atoms with Crippen LogP contribution in [0.4, 0.5) is 5.69 Å².